The van der Waals surface area contributed by atoms with E-state index in [9.17, 15) is 0 Å². The van der Waals surface area contributed by atoms with Gasteiger partial charge in [0, 0.05) is 0 Å². The summed E-state index contributed by atoms with van der Waals surface area (Å²) in [6.07, 6.45) is 0. The maximum Gasteiger partial charge on any atom is 0.346 e. The summed E-state index contributed by atoms with van der Waals surface area (Å²) in [4.78, 5) is 0. The van der Waals surface area contributed by atoms with E-state index < -0.39 is 16.0 Å². The van der Waals surface area contributed by atoms with Crippen molar-refractivity contribution in [1.29, 1.82) is 0 Å². The fourth-order valence-electron chi connectivity index (χ4n) is 1.06. The molecule has 0 fully saturated rings. The van der Waals surface area contributed by atoms with Crippen molar-refractivity contribution in [2.45, 2.75) is 40.4 Å². The Morgan fingerprint density at radius 3 is 1.40 bits per heavy atom. The first-order valence-electron chi connectivity index (χ1n) is 5.46. The molecule has 15 heavy (non-hydrogen) atoms. The van der Waals surface area contributed by atoms with Crippen LogP contribution in [0.2, 0.25) is 19.6 Å². The maximum atomic E-state index is 5.62. The fourth-order valence-corrected chi connectivity index (χ4v) is 5.89. The first-order valence-corrected chi connectivity index (χ1v) is 10.4. The third-order valence-corrected chi connectivity index (χ3v) is 6.43. The molecule has 0 bridgehead atoms. The maximum absolute atomic E-state index is 5.62. The molecular formula is C9H24NO3PSi. The van der Waals surface area contributed by atoms with Gasteiger partial charge in [-0.1, -0.05) is 0 Å². The molecule has 6 heteroatoms. The summed E-state index contributed by atoms with van der Waals surface area (Å²) in [6, 6.07) is 0. The molecule has 0 N–H and O–H groups in total. The molecule has 0 amide bonds. The van der Waals surface area contributed by atoms with Gasteiger partial charge in [0.15, 0.2) is 8.24 Å². The highest BCUT2D eigenvalue weighted by atomic mass is 31.2. The van der Waals surface area contributed by atoms with Crippen molar-refractivity contribution in [3.8, 4) is 0 Å². The van der Waals surface area contributed by atoms with Crippen LogP contribution in [0.15, 0.2) is 4.41 Å². The van der Waals surface area contributed by atoms with Crippen molar-refractivity contribution in [3.63, 3.8) is 0 Å². The molecule has 0 aliphatic rings. The normalized spacial score (nSPS) is 12.9. The zero-order valence-electron chi connectivity index (χ0n) is 10.7. The number of hydrogen-bond acceptors (Lipinski definition) is 4. The number of nitrogens with zero attached hydrogens (tertiary/aromatic N) is 1. The number of hydrogen-bond donors (Lipinski definition) is 0. The van der Waals surface area contributed by atoms with Crippen LogP contribution in [-0.2, 0) is 13.6 Å². The third kappa shape index (κ3) is 6.48. The molecular weight excluding hydrogens is 229 g/mol. The first kappa shape index (κ1) is 15.3. The Morgan fingerprint density at radius 2 is 1.20 bits per heavy atom. The molecule has 0 rings (SSSR count). The van der Waals surface area contributed by atoms with Crippen LogP contribution in [0.25, 0.3) is 0 Å². The molecule has 0 aliphatic heterocycles. The highest BCUT2D eigenvalue weighted by Gasteiger charge is 2.26. The van der Waals surface area contributed by atoms with Gasteiger partial charge in [0.25, 0.3) is 0 Å². The van der Waals surface area contributed by atoms with Crippen molar-refractivity contribution < 1.29 is 13.6 Å². The molecule has 0 atom stereocenters. The Kier molecular flexibility index (Phi) is 6.96. The van der Waals surface area contributed by atoms with Gasteiger partial charge in [0.05, 0.1) is 19.8 Å². The minimum absolute atomic E-state index is 0.571. The van der Waals surface area contributed by atoms with E-state index in [0.717, 1.165) is 0 Å². The molecule has 92 valence electrons. The predicted molar refractivity (Wildman–Crippen MR) is 67.6 cm³/mol. The van der Waals surface area contributed by atoms with Crippen LogP contribution in [0.1, 0.15) is 20.8 Å². The summed E-state index contributed by atoms with van der Waals surface area (Å²) >= 11 is 0. The van der Waals surface area contributed by atoms with Gasteiger partial charge in [-0.25, -0.2) is 0 Å². The summed E-state index contributed by atoms with van der Waals surface area (Å²) in [7, 11) is -4.04. The average Bonchev–Trinajstić information content (AvgIpc) is 2.01. The summed E-state index contributed by atoms with van der Waals surface area (Å²) in [5.74, 6) is 0. The molecule has 4 nitrogen and oxygen atoms in total. The minimum Gasteiger partial charge on any atom is -0.304 e. The Morgan fingerprint density at radius 1 is 0.867 bits per heavy atom. The van der Waals surface area contributed by atoms with E-state index in [1.165, 1.54) is 0 Å². The van der Waals surface area contributed by atoms with Crippen LogP contribution in [0.3, 0.4) is 0 Å². The van der Waals surface area contributed by atoms with Crippen LogP contribution in [0, 0.1) is 0 Å². The summed E-state index contributed by atoms with van der Waals surface area (Å²) in [5.41, 5.74) is 0. The van der Waals surface area contributed by atoms with Crippen LogP contribution in [0.4, 0.5) is 0 Å². The first-order chi connectivity index (χ1) is 6.89. The lowest BCUT2D eigenvalue weighted by atomic mass is 10.9. The molecule has 0 aliphatic carbocycles. The second-order valence-corrected chi connectivity index (χ2v) is 10.8. The predicted octanol–water partition coefficient (Wildman–Crippen LogP) is 3.88. The SMILES string of the molecule is CCOP(=N[Si](C)(C)C)(OCC)OCC. The van der Waals surface area contributed by atoms with Crippen molar-refractivity contribution >= 4 is 16.0 Å². The molecule has 0 saturated heterocycles. The summed E-state index contributed by atoms with van der Waals surface area (Å²) < 4.78 is 21.6. The molecule has 0 aromatic carbocycles. The molecule has 0 saturated carbocycles. The molecule has 0 spiro atoms. The van der Waals surface area contributed by atoms with Gasteiger partial charge in [-0.2, -0.15) is 0 Å². The van der Waals surface area contributed by atoms with Crippen LogP contribution in [-0.4, -0.2) is 28.1 Å². The lowest BCUT2D eigenvalue weighted by Gasteiger charge is -2.25. The Hall–Kier alpha value is 0.327. The lowest BCUT2D eigenvalue weighted by Crippen LogP contribution is -2.17. The molecule has 0 heterocycles. The zero-order valence-corrected chi connectivity index (χ0v) is 12.6. The van der Waals surface area contributed by atoms with Crippen LogP contribution < -0.4 is 0 Å². The van der Waals surface area contributed by atoms with Crippen LogP contribution >= 0.6 is 7.74 Å². The van der Waals surface area contributed by atoms with E-state index in [0.29, 0.717) is 19.8 Å². The Balaban J connectivity index is 5.00. The summed E-state index contributed by atoms with van der Waals surface area (Å²) in [6.45, 7) is 14.0. The van der Waals surface area contributed by atoms with Crippen molar-refractivity contribution in [1.82, 2.24) is 0 Å². The zero-order chi connectivity index (χ0) is 11.9. The molecule has 0 radical (unpaired) electrons. The van der Waals surface area contributed by atoms with Gasteiger partial charge < -0.3 is 13.6 Å². The lowest BCUT2D eigenvalue weighted by molar-refractivity contribution is 0.164. The second-order valence-electron chi connectivity index (χ2n) is 3.99. The van der Waals surface area contributed by atoms with Gasteiger partial charge in [-0.15, -0.1) is 0 Å². The van der Waals surface area contributed by atoms with Crippen LogP contribution in [0.5, 0.6) is 0 Å². The topological polar surface area (TPSA) is 40.0 Å². The quantitative estimate of drug-likeness (QED) is 0.510. The van der Waals surface area contributed by atoms with Gasteiger partial charge >= 0.3 is 7.74 Å². The highest BCUT2D eigenvalue weighted by molar-refractivity contribution is 7.52. The largest absolute Gasteiger partial charge is 0.346 e. The van der Waals surface area contributed by atoms with E-state index in [-0.39, 0.29) is 0 Å². The van der Waals surface area contributed by atoms with Crippen molar-refractivity contribution in [2.75, 3.05) is 19.8 Å². The highest BCUT2D eigenvalue weighted by Crippen LogP contribution is 2.54. The third-order valence-electron chi connectivity index (χ3n) is 1.30. The molecule has 0 aromatic heterocycles. The standard InChI is InChI=1S/C9H24NO3PSi/c1-7-11-14(12-8-2,13-9-3)10-15(4,5)6/h7-9H2,1-6H3. The van der Waals surface area contributed by atoms with E-state index in [4.69, 9.17) is 18.0 Å². The molecule has 0 unspecified atom stereocenters. The Bertz CT molecular complexity index is 204. The average molecular weight is 253 g/mol. The van der Waals surface area contributed by atoms with Gasteiger partial charge in [-0.05, 0) is 40.4 Å². The van der Waals surface area contributed by atoms with Crippen molar-refractivity contribution in [3.05, 3.63) is 0 Å². The minimum atomic E-state index is -2.43. The van der Waals surface area contributed by atoms with Crippen molar-refractivity contribution in [2.24, 2.45) is 4.41 Å². The Labute approximate surface area is 94.7 Å². The van der Waals surface area contributed by atoms with Gasteiger partial charge in [0.1, 0.15) is 0 Å². The smallest absolute Gasteiger partial charge is 0.304 e. The van der Waals surface area contributed by atoms with E-state index in [1.54, 1.807) is 0 Å². The van der Waals surface area contributed by atoms with Gasteiger partial charge in [0.2, 0.25) is 0 Å². The fraction of sp³-hybridized carbons (Fsp3) is 1.00. The monoisotopic (exact) mass is 253 g/mol. The van der Waals surface area contributed by atoms with E-state index in [2.05, 4.69) is 19.6 Å². The molecule has 0 aromatic rings. The summed E-state index contributed by atoms with van der Waals surface area (Å²) in [5, 5.41) is 0. The number of rotatable bonds is 7. The van der Waals surface area contributed by atoms with Gasteiger partial charge in [-0.3, -0.25) is 4.41 Å². The second kappa shape index (κ2) is 6.81. The van der Waals surface area contributed by atoms with E-state index >= 15 is 0 Å². The van der Waals surface area contributed by atoms with E-state index in [1.807, 2.05) is 20.8 Å².